The van der Waals surface area contributed by atoms with E-state index in [-0.39, 0.29) is 17.1 Å². The number of hydrogen-bond donors (Lipinski definition) is 1. The van der Waals surface area contributed by atoms with Gasteiger partial charge in [-0.25, -0.2) is 0 Å². The molecule has 0 spiro atoms. The third-order valence-corrected chi connectivity index (χ3v) is 4.68. The van der Waals surface area contributed by atoms with Gasteiger partial charge in [0.05, 0.1) is 5.69 Å². The number of fused-ring (bicyclic) bond motifs is 1. The third kappa shape index (κ3) is 2.55. The van der Waals surface area contributed by atoms with E-state index < -0.39 is 6.10 Å². The van der Waals surface area contributed by atoms with Gasteiger partial charge in [0, 0.05) is 11.0 Å². The van der Waals surface area contributed by atoms with Gasteiger partial charge in [0.25, 0.3) is 5.91 Å². The Morgan fingerprint density at radius 3 is 2.71 bits per heavy atom. The van der Waals surface area contributed by atoms with Crippen LogP contribution in [0.5, 0.6) is 5.75 Å². The second-order valence-corrected chi connectivity index (χ2v) is 6.41. The van der Waals surface area contributed by atoms with E-state index in [1.807, 2.05) is 6.07 Å². The summed E-state index contributed by atoms with van der Waals surface area (Å²) < 4.78 is 5.53. The highest BCUT2D eigenvalue weighted by Crippen LogP contribution is 2.40. The van der Waals surface area contributed by atoms with E-state index in [2.05, 4.69) is 12.2 Å². The molecule has 1 heterocycles. The van der Waals surface area contributed by atoms with Gasteiger partial charge in [-0.05, 0) is 38.0 Å². The molecule has 0 radical (unpaired) electrons. The second-order valence-electron chi connectivity index (χ2n) is 6.41. The molecule has 1 atom stereocenters. The fourth-order valence-electron chi connectivity index (χ4n) is 3.26. The molecule has 0 aromatic heterocycles. The molecule has 1 N–H and O–H groups in total. The van der Waals surface area contributed by atoms with Crippen molar-refractivity contribution in [3.8, 4) is 5.75 Å². The number of Topliss-reactive ketones (excluding diaryl/α,β-unsaturated/α-hetero) is 1. The lowest BCUT2D eigenvalue weighted by molar-refractivity contribution is -0.122. The van der Waals surface area contributed by atoms with E-state index in [0.717, 1.165) is 25.7 Å². The molecule has 4 heteroatoms. The zero-order valence-corrected chi connectivity index (χ0v) is 12.6. The Labute approximate surface area is 124 Å². The maximum atomic E-state index is 12.8. The molecular weight excluding hydrogens is 266 g/mol. The quantitative estimate of drug-likeness (QED) is 0.846. The molecule has 0 saturated heterocycles. The average Bonchev–Trinajstić information content (AvgIpc) is 2.48. The predicted molar refractivity (Wildman–Crippen MR) is 80.7 cm³/mol. The molecule has 1 saturated carbocycles. The fraction of sp³-hybridized carbons (Fsp3) is 0.529. The highest BCUT2D eigenvalue weighted by atomic mass is 16.5. The van der Waals surface area contributed by atoms with Gasteiger partial charge in [-0.3, -0.25) is 9.59 Å². The molecule has 4 nitrogen and oxygen atoms in total. The topological polar surface area (TPSA) is 55.4 Å². The Morgan fingerprint density at radius 1 is 1.29 bits per heavy atom. The Morgan fingerprint density at radius 2 is 2.00 bits per heavy atom. The second kappa shape index (κ2) is 5.17. The SMILES string of the molecule is CC1Oc2ccc(C(=O)C3(C)CCCCC3)cc2NC1=O. The fourth-order valence-corrected chi connectivity index (χ4v) is 3.26. The van der Waals surface area contributed by atoms with Crippen LogP contribution < -0.4 is 10.1 Å². The summed E-state index contributed by atoms with van der Waals surface area (Å²) in [6, 6.07) is 5.34. The van der Waals surface area contributed by atoms with Crippen LogP contribution >= 0.6 is 0 Å². The molecular formula is C17H21NO3. The first-order chi connectivity index (χ1) is 9.99. The number of anilines is 1. The molecule has 0 bridgehead atoms. The zero-order chi connectivity index (χ0) is 15.0. The lowest BCUT2D eigenvalue weighted by Crippen LogP contribution is -2.35. The number of ketones is 1. The molecule has 2 aliphatic rings. The lowest BCUT2D eigenvalue weighted by atomic mass is 9.71. The predicted octanol–water partition coefficient (Wildman–Crippen LogP) is 3.56. The van der Waals surface area contributed by atoms with Crippen molar-refractivity contribution < 1.29 is 14.3 Å². The summed E-state index contributed by atoms with van der Waals surface area (Å²) in [5, 5.41) is 2.80. The number of carbonyl (C=O) groups excluding carboxylic acids is 2. The number of amides is 1. The van der Waals surface area contributed by atoms with E-state index in [9.17, 15) is 9.59 Å². The molecule has 1 amide bonds. The third-order valence-electron chi connectivity index (χ3n) is 4.68. The van der Waals surface area contributed by atoms with Gasteiger partial charge in [0.1, 0.15) is 5.75 Å². The van der Waals surface area contributed by atoms with Gasteiger partial charge in [0.15, 0.2) is 11.9 Å². The van der Waals surface area contributed by atoms with E-state index >= 15 is 0 Å². The van der Waals surface area contributed by atoms with Crippen molar-refractivity contribution in [3.63, 3.8) is 0 Å². The Balaban J connectivity index is 1.88. The van der Waals surface area contributed by atoms with Crippen LogP contribution in [0, 0.1) is 5.41 Å². The Kier molecular flexibility index (Phi) is 3.47. The molecule has 1 fully saturated rings. The van der Waals surface area contributed by atoms with Gasteiger partial charge in [-0.1, -0.05) is 26.2 Å². The summed E-state index contributed by atoms with van der Waals surface area (Å²) >= 11 is 0. The van der Waals surface area contributed by atoms with Crippen molar-refractivity contribution >= 4 is 17.4 Å². The summed E-state index contributed by atoms with van der Waals surface area (Å²) in [6.45, 7) is 3.77. The number of nitrogens with one attached hydrogen (secondary N) is 1. The van der Waals surface area contributed by atoms with Crippen LogP contribution in [0.3, 0.4) is 0 Å². The van der Waals surface area contributed by atoms with Gasteiger partial charge in [-0.15, -0.1) is 0 Å². The Bertz CT molecular complexity index is 588. The number of rotatable bonds is 2. The monoisotopic (exact) mass is 287 g/mol. The maximum Gasteiger partial charge on any atom is 0.265 e. The van der Waals surface area contributed by atoms with Gasteiger partial charge < -0.3 is 10.1 Å². The summed E-state index contributed by atoms with van der Waals surface area (Å²) in [5.74, 6) is 0.640. The summed E-state index contributed by atoms with van der Waals surface area (Å²) in [6.07, 6.45) is 4.85. The molecule has 3 rings (SSSR count). The molecule has 1 aliphatic heterocycles. The van der Waals surface area contributed by atoms with E-state index in [4.69, 9.17) is 4.74 Å². The van der Waals surface area contributed by atoms with E-state index in [1.165, 1.54) is 6.42 Å². The first kappa shape index (κ1) is 14.1. The van der Waals surface area contributed by atoms with Crippen molar-refractivity contribution in [2.45, 2.75) is 52.1 Å². The van der Waals surface area contributed by atoms with Crippen LogP contribution in [0.25, 0.3) is 0 Å². The molecule has 1 unspecified atom stereocenters. The number of hydrogen-bond acceptors (Lipinski definition) is 3. The van der Waals surface area contributed by atoms with Gasteiger partial charge >= 0.3 is 0 Å². The van der Waals surface area contributed by atoms with Crippen molar-refractivity contribution in [2.24, 2.45) is 5.41 Å². The van der Waals surface area contributed by atoms with Crippen molar-refractivity contribution in [2.75, 3.05) is 5.32 Å². The van der Waals surface area contributed by atoms with Gasteiger partial charge in [-0.2, -0.15) is 0 Å². The first-order valence-electron chi connectivity index (χ1n) is 7.66. The molecule has 1 aromatic rings. The first-order valence-corrected chi connectivity index (χ1v) is 7.66. The minimum atomic E-state index is -0.491. The highest BCUT2D eigenvalue weighted by molar-refractivity contribution is 6.03. The molecule has 112 valence electrons. The average molecular weight is 287 g/mol. The Hall–Kier alpha value is -1.84. The van der Waals surface area contributed by atoms with E-state index in [0.29, 0.717) is 17.0 Å². The minimum Gasteiger partial charge on any atom is -0.479 e. The molecule has 1 aromatic carbocycles. The van der Waals surface area contributed by atoms with Crippen molar-refractivity contribution in [1.29, 1.82) is 0 Å². The summed E-state index contributed by atoms with van der Waals surface area (Å²) in [4.78, 5) is 24.5. The van der Waals surface area contributed by atoms with Crippen molar-refractivity contribution in [1.82, 2.24) is 0 Å². The van der Waals surface area contributed by atoms with Crippen LogP contribution in [0.4, 0.5) is 5.69 Å². The lowest BCUT2D eigenvalue weighted by Gasteiger charge is -2.32. The normalized spacial score (nSPS) is 23.7. The van der Waals surface area contributed by atoms with Crippen LogP contribution in [0.2, 0.25) is 0 Å². The van der Waals surface area contributed by atoms with Crippen molar-refractivity contribution in [3.05, 3.63) is 23.8 Å². The highest BCUT2D eigenvalue weighted by Gasteiger charge is 2.35. The number of ether oxygens (including phenoxy) is 1. The summed E-state index contributed by atoms with van der Waals surface area (Å²) in [5.41, 5.74) is 0.999. The summed E-state index contributed by atoms with van der Waals surface area (Å²) in [7, 11) is 0. The molecule has 21 heavy (non-hydrogen) atoms. The van der Waals surface area contributed by atoms with Crippen LogP contribution in [0.15, 0.2) is 18.2 Å². The number of benzene rings is 1. The van der Waals surface area contributed by atoms with E-state index in [1.54, 1.807) is 19.1 Å². The van der Waals surface area contributed by atoms with Crippen LogP contribution in [-0.4, -0.2) is 17.8 Å². The smallest absolute Gasteiger partial charge is 0.265 e. The van der Waals surface area contributed by atoms with Gasteiger partial charge in [0.2, 0.25) is 0 Å². The number of carbonyl (C=O) groups is 2. The minimum absolute atomic E-state index is 0.170. The van der Waals surface area contributed by atoms with Crippen LogP contribution in [0.1, 0.15) is 56.3 Å². The zero-order valence-electron chi connectivity index (χ0n) is 12.6. The molecule has 1 aliphatic carbocycles. The largest absolute Gasteiger partial charge is 0.479 e. The standard InChI is InChI=1S/C17H21NO3/c1-11-16(20)18-13-10-12(6-7-14(13)21-11)15(19)17(2)8-4-3-5-9-17/h6-7,10-11H,3-5,8-9H2,1-2H3,(H,18,20). The maximum absolute atomic E-state index is 12.8. The van der Waals surface area contributed by atoms with Crippen LogP contribution in [-0.2, 0) is 4.79 Å².